The first-order valence-electron chi connectivity index (χ1n) is 8.18. The van der Waals surface area contributed by atoms with Crippen LogP contribution in [-0.4, -0.2) is 24.4 Å². The molecule has 3 rings (SSSR count). The topological polar surface area (TPSA) is 61.4 Å². The average molecular weight is 402 g/mol. The number of carbonyl (C=O) groups is 2. The van der Waals surface area contributed by atoms with Gasteiger partial charge in [-0.3, -0.25) is 9.59 Å². The molecule has 0 saturated carbocycles. The molecule has 0 radical (unpaired) electrons. The van der Waals surface area contributed by atoms with E-state index in [2.05, 4.69) is 26.6 Å². The molecule has 1 heterocycles. The zero-order valence-corrected chi connectivity index (χ0v) is 15.8. The van der Waals surface area contributed by atoms with Crippen LogP contribution >= 0.6 is 15.9 Å². The highest BCUT2D eigenvalue weighted by Gasteiger charge is 2.22. The molecule has 0 spiro atoms. The standard InChI is InChI=1S/C19H20BrN3O2/c1-12(19(25)22-16-5-3-15(20)4-6-16)21-17-7-8-18-14(11-17)9-10-23(18)13(2)24/h3-8,11-12,21H,9-10H2,1-2H3,(H,22,25)/t12-/m0/s1. The lowest BCUT2D eigenvalue weighted by Crippen LogP contribution is -2.31. The lowest BCUT2D eigenvalue weighted by atomic mass is 10.1. The van der Waals surface area contributed by atoms with E-state index in [4.69, 9.17) is 0 Å². The number of hydrogen-bond acceptors (Lipinski definition) is 3. The fraction of sp³-hybridized carbons (Fsp3) is 0.263. The highest BCUT2D eigenvalue weighted by Crippen LogP contribution is 2.30. The van der Waals surface area contributed by atoms with Crippen LogP contribution in [0.3, 0.4) is 0 Å². The summed E-state index contributed by atoms with van der Waals surface area (Å²) in [7, 11) is 0. The number of anilines is 3. The van der Waals surface area contributed by atoms with Crippen molar-refractivity contribution >= 4 is 44.8 Å². The number of carbonyl (C=O) groups excluding carboxylic acids is 2. The van der Waals surface area contributed by atoms with Gasteiger partial charge in [-0.25, -0.2) is 0 Å². The van der Waals surface area contributed by atoms with Crippen molar-refractivity contribution in [3.8, 4) is 0 Å². The van der Waals surface area contributed by atoms with E-state index < -0.39 is 0 Å². The molecule has 1 aliphatic rings. The summed E-state index contributed by atoms with van der Waals surface area (Å²) in [5.41, 5.74) is 3.72. The number of rotatable bonds is 4. The molecule has 0 bridgehead atoms. The lowest BCUT2D eigenvalue weighted by molar-refractivity contribution is -0.117. The summed E-state index contributed by atoms with van der Waals surface area (Å²) in [6.45, 7) is 4.12. The number of nitrogens with zero attached hydrogens (tertiary/aromatic N) is 1. The van der Waals surface area contributed by atoms with Crippen LogP contribution in [0.1, 0.15) is 19.4 Å². The molecule has 1 atom stereocenters. The molecule has 5 nitrogen and oxygen atoms in total. The fourth-order valence-electron chi connectivity index (χ4n) is 2.92. The molecule has 25 heavy (non-hydrogen) atoms. The van der Waals surface area contributed by atoms with Gasteiger partial charge in [0, 0.05) is 35.0 Å². The molecule has 0 unspecified atom stereocenters. The molecule has 6 heteroatoms. The predicted octanol–water partition coefficient (Wildman–Crippen LogP) is 3.80. The predicted molar refractivity (Wildman–Crippen MR) is 104 cm³/mol. The molecule has 0 aliphatic carbocycles. The van der Waals surface area contributed by atoms with Crippen LogP contribution < -0.4 is 15.5 Å². The molecule has 0 fully saturated rings. The number of benzene rings is 2. The van der Waals surface area contributed by atoms with Gasteiger partial charge in [0.15, 0.2) is 0 Å². The number of fused-ring (bicyclic) bond motifs is 1. The first kappa shape index (κ1) is 17.5. The maximum atomic E-state index is 12.3. The third-order valence-electron chi connectivity index (χ3n) is 4.24. The smallest absolute Gasteiger partial charge is 0.246 e. The van der Waals surface area contributed by atoms with E-state index in [1.54, 1.807) is 11.8 Å². The Labute approximate surface area is 155 Å². The zero-order chi connectivity index (χ0) is 18.0. The summed E-state index contributed by atoms with van der Waals surface area (Å²) in [5.74, 6) is -0.0464. The highest BCUT2D eigenvalue weighted by atomic mass is 79.9. The van der Waals surface area contributed by atoms with Crippen LogP contribution in [0.4, 0.5) is 17.1 Å². The first-order valence-corrected chi connectivity index (χ1v) is 8.97. The van der Waals surface area contributed by atoms with E-state index in [1.165, 1.54) is 0 Å². The van der Waals surface area contributed by atoms with Gasteiger partial charge in [0.05, 0.1) is 0 Å². The number of amides is 2. The van der Waals surface area contributed by atoms with E-state index in [1.807, 2.05) is 49.4 Å². The van der Waals surface area contributed by atoms with Crippen molar-refractivity contribution in [1.82, 2.24) is 0 Å². The van der Waals surface area contributed by atoms with Gasteiger partial charge in [-0.05, 0) is 61.4 Å². The number of halogens is 1. The highest BCUT2D eigenvalue weighted by molar-refractivity contribution is 9.10. The Morgan fingerprint density at radius 2 is 1.80 bits per heavy atom. The van der Waals surface area contributed by atoms with E-state index >= 15 is 0 Å². The normalized spacial score (nSPS) is 14.0. The first-order chi connectivity index (χ1) is 11.9. The largest absolute Gasteiger partial charge is 0.374 e. The van der Waals surface area contributed by atoms with Crippen molar-refractivity contribution in [3.63, 3.8) is 0 Å². The van der Waals surface area contributed by atoms with Crippen LogP contribution in [0.15, 0.2) is 46.9 Å². The van der Waals surface area contributed by atoms with Crippen LogP contribution in [0.5, 0.6) is 0 Å². The van der Waals surface area contributed by atoms with Gasteiger partial charge in [0.25, 0.3) is 0 Å². The van der Waals surface area contributed by atoms with Crippen molar-refractivity contribution in [1.29, 1.82) is 0 Å². The van der Waals surface area contributed by atoms with Crippen LogP contribution in [0, 0.1) is 0 Å². The van der Waals surface area contributed by atoms with E-state index in [0.29, 0.717) is 6.54 Å². The van der Waals surface area contributed by atoms with Crippen molar-refractivity contribution < 1.29 is 9.59 Å². The minimum Gasteiger partial charge on any atom is -0.374 e. The zero-order valence-electron chi connectivity index (χ0n) is 14.2. The Kier molecular flexibility index (Phi) is 5.08. The number of nitrogens with one attached hydrogen (secondary N) is 2. The molecular weight excluding hydrogens is 382 g/mol. The number of hydrogen-bond donors (Lipinski definition) is 2. The van der Waals surface area contributed by atoms with Crippen molar-refractivity contribution in [2.45, 2.75) is 26.3 Å². The Morgan fingerprint density at radius 1 is 1.12 bits per heavy atom. The Morgan fingerprint density at radius 3 is 2.48 bits per heavy atom. The van der Waals surface area contributed by atoms with Gasteiger partial charge in [0.2, 0.25) is 11.8 Å². The minimum atomic E-state index is -0.382. The Balaban J connectivity index is 1.65. The summed E-state index contributed by atoms with van der Waals surface area (Å²) in [4.78, 5) is 25.7. The average Bonchev–Trinajstić information content (AvgIpc) is 3.00. The van der Waals surface area contributed by atoms with Gasteiger partial charge in [-0.1, -0.05) is 15.9 Å². The van der Waals surface area contributed by atoms with Gasteiger partial charge in [-0.15, -0.1) is 0 Å². The van der Waals surface area contributed by atoms with Crippen LogP contribution in [0.2, 0.25) is 0 Å². The summed E-state index contributed by atoms with van der Waals surface area (Å²) >= 11 is 3.37. The summed E-state index contributed by atoms with van der Waals surface area (Å²) in [5, 5.41) is 6.11. The van der Waals surface area contributed by atoms with Gasteiger partial charge < -0.3 is 15.5 Å². The molecule has 0 saturated heterocycles. The van der Waals surface area contributed by atoms with Crippen LogP contribution in [-0.2, 0) is 16.0 Å². The third-order valence-corrected chi connectivity index (χ3v) is 4.77. The second-order valence-corrected chi connectivity index (χ2v) is 7.04. The Hall–Kier alpha value is -2.34. The van der Waals surface area contributed by atoms with Gasteiger partial charge in [0.1, 0.15) is 6.04 Å². The molecule has 2 N–H and O–H groups in total. The summed E-state index contributed by atoms with van der Waals surface area (Å²) < 4.78 is 0.967. The van der Waals surface area contributed by atoms with Crippen molar-refractivity contribution in [3.05, 3.63) is 52.5 Å². The second-order valence-electron chi connectivity index (χ2n) is 6.13. The van der Waals surface area contributed by atoms with Crippen molar-refractivity contribution in [2.75, 3.05) is 22.1 Å². The molecule has 2 aromatic carbocycles. The molecular formula is C19H20BrN3O2. The quantitative estimate of drug-likeness (QED) is 0.818. The molecule has 130 valence electrons. The van der Waals surface area contributed by atoms with E-state index in [9.17, 15) is 9.59 Å². The maximum Gasteiger partial charge on any atom is 0.246 e. The summed E-state index contributed by atoms with van der Waals surface area (Å²) in [6.07, 6.45) is 0.837. The molecule has 0 aromatic heterocycles. The SMILES string of the molecule is CC(=O)N1CCc2cc(N[C@@H](C)C(=O)Nc3ccc(Br)cc3)ccc21. The van der Waals surface area contributed by atoms with E-state index in [-0.39, 0.29) is 17.9 Å². The molecule has 2 amide bonds. The lowest BCUT2D eigenvalue weighted by Gasteiger charge is -2.18. The van der Waals surface area contributed by atoms with E-state index in [0.717, 1.165) is 33.5 Å². The van der Waals surface area contributed by atoms with Gasteiger partial charge in [-0.2, -0.15) is 0 Å². The summed E-state index contributed by atoms with van der Waals surface area (Å²) in [6, 6.07) is 12.9. The third kappa shape index (κ3) is 4.02. The molecule has 1 aliphatic heterocycles. The molecule has 2 aromatic rings. The van der Waals surface area contributed by atoms with Gasteiger partial charge >= 0.3 is 0 Å². The fourth-order valence-corrected chi connectivity index (χ4v) is 3.18. The monoisotopic (exact) mass is 401 g/mol. The van der Waals surface area contributed by atoms with Crippen molar-refractivity contribution in [2.24, 2.45) is 0 Å². The Bertz CT molecular complexity index is 805. The second kappa shape index (κ2) is 7.27. The van der Waals surface area contributed by atoms with Crippen LogP contribution in [0.25, 0.3) is 0 Å². The maximum absolute atomic E-state index is 12.3. The minimum absolute atomic E-state index is 0.0571.